The highest BCUT2D eigenvalue weighted by atomic mass is 35.5. The minimum absolute atomic E-state index is 0.139. The monoisotopic (exact) mass is 613 g/mol. The summed E-state index contributed by atoms with van der Waals surface area (Å²) in [5.41, 5.74) is 1.47. The van der Waals surface area contributed by atoms with Gasteiger partial charge in [-0.1, -0.05) is 67.4 Å². The number of amides is 2. The third-order valence-corrected chi connectivity index (χ3v) is 9.05. The number of unbranched alkanes of at least 4 members (excludes halogenated alkanes) is 1. The summed E-state index contributed by atoms with van der Waals surface area (Å²) in [5.74, 6) is -0.358. The van der Waals surface area contributed by atoms with Crippen LogP contribution < -0.4 is 10.1 Å². The lowest BCUT2D eigenvalue weighted by molar-refractivity contribution is -0.143. The van der Waals surface area contributed by atoms with Crippen molar-refractivity contribution in [1.82, 2.24) is 14.5 Å². The zero-order chi connectivity index (χ0) is 30.0. The zero-order valence-corrected chi connectivity index (χ0v) is 25.1. The Hall–Kier alpha value is -3.44. The molecule has 0 aromatic heterocycles. The highest BCUT2D eigenvalue weighted by Crippen LogP contribution is 2.26. The first-order valence-electron chi connectivity index (χ1n) is 14.0. The number of nitrogens with zero attached hydrogens (tertiary/aromatic N) is 2. The highest BCUT2D eigenvalue weighted by molar-refractivity contribution is 7.89. The topological polar surface area (TPSA) is 105 Å². The predicted molar refractivity (Wildman–Crippen MR) is 161 cm³/mol. The number of benzene rings is 3. The van der Waals surface area contributed by atoms with Crippen molar-refractivity contribution in [1.29, 1.82) is 0 Å². The van der Waals surface area contributed by atoms with Crippen LogP contribution in [0.1, 0.15) is 36.9 Å². The Balaban J connectivity index is 1.54. The van der Waals surface area contributed by atoms with Crippen LogP contribution in [-0.2, 0) is 30.9 Å². The van der Waals surface area contributed by atoms with Gasteiger partial charge in [-0.25, -0.2) is 8.42 Å². The molecule has 0 aliphatic carbocycles. The molecule has 42 heavy (non-hydrogen) atoms. The Morgan fingerprint density at radius 2 is 1.67 bits per heavy atom. The third kappa shape index (κ3) is 8.32. The van der Waals surface area contributed by atoms with E-state index in [1.165, 1.54) is 33.5 Å². The van der Waals surface area contributed by atoms with Crippen LogP contribution in [-0.4, -0.2) is 68.9 Å². The minimum Gasteiger partial charge on any atom is -0.484 e. The SMILES string of the molecule is CCCCNC(=O)C(c1ccccc1)N(Cc1ccc(Cl)cc1)C(=O)COc1ccc(S(=O)(=O)N2CCOCC2)cc1. The molecule has 2 amide bonds. The molecule has 1 unspecified atom stereocenters. The van der Waals surface area contributed by atoms with Crippen molar-refractivity contribution in [2.75, 3.05) is 39.5 Å². The van der Waals surface area contributed by atoms with Gasteiger partial charge in [-0.05, 0) is 53.9 Å². The van der Waals surface area contributed by atoms with E-state index in [1.807, 2.05) is 49.4 Å². The fourth-order valence-corrected chi connectivity index (χ4v) is 6.11. The fraction of sp³-hybridized carbons (Fsp3) is 0.355. The Bertz CT molecular complexity index is 1410. The smallest absolute Gasteiger partial charge is 0.261 e. The first-order chi connectivity index (χ1) is 20.3. The summed E-state index contributed by atoms with van der Waals surface area (Å²) >= 11 is 6.08. The molecule has 1 heterocycles. The maximum atomic E-state index is 13.8. The number of hydrogen-bond acceptors (Lipinski definition) is 6. The summed E-state index contributed by atoms with van der Waals surface area (Å²) in [6.45, 7) is 3.65. The molecule has 1 aliphatic rings. The van der Waals surface area contributed by atoms with Crippen molar-refractivity contribution in [3.63, 3.8) is 0 Å². The summed E-state index contributed by atoms with van der Waals surface area (Å²) in [4.78, 5) is 28.9. The molecule has 0 spiro atoms. The van der Waals surface area contributed by atoms with E-state index in [-0.39, 0.29) is 24.0 Å². The first kappa shape index (κ1) is 31.5. The standard InChI is InChI=1S/C31H36ClN3O6S/c1-2-3-17-33-31(37)30(25-7-5-4-6-8-25)35(22-24-9-11-26(32)12-10-24)29(36)23-41-27-13-15-28(16-14-27)42(38,39)34-18-20-40-21-19-34/h4-16,30H,2-3,17-23H2,1H3,(H,33,37). The average molecular weight is 614 g/mol. The van der Waals surface area contributed by atoms with Crippen LogP contribution in [0.25, 0.3) is 0 Å². The van der Waals surface area contributed by atoms with E-state index in [1.54, 1.807) is 12.1 Å². The van der Waals surface area contributed by atoms with Crippen LogP contribution in [0, 0.1) is 0 Å². The van der Waals surface area contributed by atoms with E-state index >= 15 is 0 Å². The number of morpholine rings is 1. The van der Waals surface area contributed by atoms with Gasteiger partial charge >= 0.3 is 0 Å². The van der Waals surface area contributed by atoms with E-state index in [2.05, 4.69) is 5.32 Å². The number of rotatable bonds is 13. The summed E-state index contributed by atoms with van der Waals surface area (Å²) in [6.07, 6.45) is 1.74. The van der Waals surface area contributed by atoms with Gasteiger partial charge in [0, 0.05) is 31.2 Å². The normalized spacial score (nSPS) is 14.6. The second kappa shape index (κ2) is 15.2. The number of hydrogen-bond donors (Lipinski definition) is 1. The summed E-state index contributed by atoms with van der Waals surface area (Å²) in [7, 11) is -3.65. The predicted octanol–water partition coefficient (Wildman–Crippen LogP) is 4.43. The van der Waals surface area contributed by atoms with Gasteiger partial charge in [0.15, 0.2) is 6.61 Å². The van der Waals surface area contributed by atoms with E-state index in [4.69, 9.17) is 21.1 Å². The maximum absolute atomic E-state index is 13.8. The van der Waals surface area contributed by atoms with Crippen molar-refractivity contribution in [2.45, 2.75) is 37.2 Å². The van der Waals surface area contributed by atoms with Crippen molar-refractivity contribution in [3.05, 3.63) is 95.0 Å². The van der Waals surface area contributed by atoms with Gasteiger partial charge in [0.05, 0.1) is 18.1 Å². The molecule has 1 atom stereocenters. The quantitative estimate of drug-likeness (QED) is 0.286. The molecule has 4 rings (SSSR count). The summed E-state index contributed by atoms with van der Waals surface area (Å²) in [6, 6.07) is 21.3. The van der Waals surface area contributed by atoms with Gasteiger partial charge in [-0.2, -0.15) is 4.31 Å². The van der Waals surface area contributed by atoms with Gasteiger partial charge in [0.2, 0.25) is 15.9 Å². The lowest BCUT2D eigenvalue weighted by Gasteiger charge is -2.31. The number of nitrogens with one attached hydrogen (secondary N) is 1. The second-order valence-corrected chi connectivity index (χ2v) is 12.3. The zero-order valence-electron chi connectivity index (χ0n) is 23.6. The average Bonchev–Trinajstić information content (AvgIpc) is 3.02. The van der Waals surface area contributed by atoms with Crippen molar-refractivity contribution < 1.29 is 27.5 Å². The summed E-state index contributed by atoms with van der Waals surface area (Å²) < 4.78 is 38.3. The van der Waals surface area contributed by atoms with Crippen LogP contribution in [0.3, 0.4) is 0 Å². The Morgan fingerprint density at radius 3 is 2.31 bits per heavy atom. The first-order valence-corrected chi connectivity index (χ1v) is 15.8. The maximum Gasteiger partial charge on any atom is 0.261 e. The van der Waals surface area contributed by atoms with E-state index < -0.39 is 22.0 Å². The molecular formula is C31H36ClN3O6S. The van der Waals surface area contributed by atoms with Gasteiger partial charge in [-0.15, -0.1) is 0 Å². The van der Waals surface area contributed by atoms with Crippen LogP contribution in [0.4, 0.5) is 0 Å². The number of carbonyl (C=O) groups is 2. The van der Waals surface area contributed by atoms with Crippen molar-refractivity contribution >= 4 is 33.4 Å². The molecule has 11 heteroatoms. The molecule has 3 aromatic carbocycles. The number of sulfonamides is 1. The molecule has 1 saturated heterocycles. The second-order valence-electron chi connectivity index (χ2n) is 9.88. The van der Waals surface area contributed by atoms with Crippen LogP contribution in [0.2, 0.25) is 5.02 Å². The van der Waals surface area contributed by atoms with Crippen LogP contribution in [0.15, 0.2) is 83.8 Å². The van der Waals surface area contributed by atoms with E-state index in [0.717, 1.165) is 18.4 Å². The molecule has 0 bridgehead atoms. The molecule has 1 fully saturated rings. The largest absolute Gasteiger partial charge is 0.484 e. The van der Waals surface area contributed by atoms with Gasteiger partial charge in [-0.3, -0.25) is 9.59 Å². The summed E-state index contributed by atoms with van der Waals surface area (Å²) in [5, 5.41) is 3.54. The van der Waals surface area contributed by atoms with Crippen LogP contribution >= 0.6 is 11.6 Å². The fourth-order valence-electron chi connectivity index (χ4n) is 4.58. The Kier molecular flexibility index (Phi) is 11.4. The van der Waals surface area contributed by atoms with Gasteiger partial charge in [0.25, 0.3) is 5.91 Å². The highest BCUT2D eigenvalue weighted by Gasteiger charge is 2.32. The Morgan fingerprint density at radius 1 is 1.00 bits per heavy atom. The van der Waals surface area contributed by atoms with E-state index in [9.17, 15) is 18.0 Å². The molecule has 1 N–H and O–H groups in total. The van der Waals surface area contributed by atoms with Crippen LogP contribution in [0.5, 0.6) is 5.75 Å². The lowest BCUT2D eigenvalue weighted by Crippen LogP contribution is -2.45. The third-order valence-electron chi connectivity index (χ3n) is 6.89. The molecule has 0 radical (unpaired) electrons. The number of ether oxygens (including phenoxy) is 2. The Labute approximate surface area is 252 Å². The van der Waals surface area contributed by atoms with Gasteiger partial charge in [0.1, 0.15) is 11.8 Å². The molecule has 0 saturated carbocycles. The van der Waals surface area contributed by atoms with Crippen molar-refractivity contribution in [2.24, 2.45) is 0 Å². The molecule has 3 aromatic rings. The number of carbonyl (C=O) groups excluding carboxylic acids is 2. The molecule has 224 valence electrons. The van der Waals surface area contributed by atoms with E-state index in [0.29, 0.717) is 49.2 Å². The van der Waals surface area contributed by atoms with Gasteiger partial charge < -0.3 is 19.7 Å². The molecule has 1 aliphatic heterocycles. The lowest BCUT2D eigenvalue weighted by atomic mass is 10.0. The van der Waals surface area contributed by atoms with Crippen molar-refractivity contribution in [3.8, 4) is 5.75 Å². The number of halogens is 1. The minimum atomic E-state index is -3.65. The molecule has 9 nitrogen and oxygen atoms in total. The molecular weight excluding hydrogens is 578 g/mol.